The lowest BCUT2D eigenvalue weighted by Crippen LogP contribution is -2.21. The molecule has 0 bridgehead atoms. The van der Waals surface area contributed by atoms with Gasteiger partial charge in [0.25, 0.3) is 0 Å². The summed E-state index contributed by atoms with van der Waals surface area (Å²) in [7, 11) is 0. The Morgan fingerprint density at radius 1 is 0.926 bits per heavy atom. The molecule has 4 aromatic rings. The molecule has 5 rings (SSSR count). The van der Waals surface area contributed by atoms with E-state index in [1.807, 2.05) is 48.5 Å². The van der Waals surface area contributed by atoms with Gasteiger partial charge in [-0.3, -0.25) is 4.98 Å². The van der Waals surface area contributed by atoms with Gasteiger partial charge in [0, 0.05) is 35.3 Å². The van der Waals surface area contributed by atoms with Gasteiger partial charge in [-0.1, -0.05) is 30.3 Å². The van der Waals surface area contributed by atoms with E-state index < -0.39 is 0 Å². The smallest absolute Gasteiger partial charge is 0.163 e. The molecule has 0 spiro atoms. The number of nitrogens with one attached hydrogen (secondary N) is 1. The first-order valence-electron chi connectivity index (χ1n) is 9.04. The van der Waals surface area contributed by atoms with Crippen LogP contribution in [-0.4, -0.2) is 21.6 Å². The third-order valence-corrected chi connectivity index (χ3v) is 4.79. The van der Waals surface area contributed by atoms with E-state index >= 15 is 0 Å². The van der Waals surface area contributed by atoms with Gasteiger partial charge in [0.05, 0.1) is 18.2 Å². The lowest BCUT2D eigenvalue weighted by atomic mass is 10.0. The maximum absolute atomic E-state index is 5.79. The van der Waals surface area contributed by atoms with Crippen LogP contribution < -0.4 is 10.1 Å². The van der Waals surface area contributed by atoms with Crippen LogP contribution in [0.1, 0.15) is 18.0 Å². The minimum absolute atomic E-state index is 0.148. The highest BCUT2D eigenvalue weighted by Crippen LogP contribution is 2.35. The van der Waals surface area contributed by atoms with E-state index in [0.717, 1.165) is 40.0 Å². The van der Waals surface area contributed by atoms with Crippen LogP contribution in [-0.2, 0) is 0 Å². The fourth-order valence-electron chi connectivity index (χ4n) is 3.47. The van der Waals surface area contributed by atoms with Gasteiger partial charge in [-0.15, -0.1) is 0 Å². The summed E-state index contributed by atoms with van der Waals surface area (Å²) >= 11 is 0. The number of benzene rings is 2. The molecule has 5 nitrogen and oxygen atoms in total. The number of anilines is 1. The van der Waals surface area contributed by atoms with Crippen molar-refractivity contribution in [3.8, 4) is 17.1 Å². The molecule has 132 valence electrons. The van der Waals surface area contributed by atoms with Crippen LogP contribution in [0.5, 0.6) is 5.75 Å². The van der Waals surface area contributed by atoms with Gasteiger partial charge < -0.3 is 10.1 Å². The summed E-state index contributed by atoms with van der Waals surface area (Å²) in [5.74, 6) is 2.44. The van der Waals surface area contributed by atoms with Crippen molar-refractivity contribution in [2.24, 2.45) is 0 Å². The second-order valence-corrected chi connectivity index (χ2v) is 6.53. The Morgan fingerprint density at radius 2 is 1.81 bits per heavy atom. The van der Waals surface area contributed by atoms with E-state index in [9.17, 15) is 0 Å². The van der Waals surface area contributed by atoms with Crippen LogP contribution in [0.15, 0.2) is 73.1 Å². The van der Waals surface area contributed by atoms with Crippen molar-refractivity contribution < 1.29 is 4.74 Å². The van der Waals surface area contributed by atoms with Gasteiger partial charge in [0.2, 0.25) is 0 Å². The number of pyridine rings is 1. The molecule has 27 heavy (non-hydrogen) atoms. The molecular formula is C22H18N4O. The molecule has 5 heteroatoms. The Labute approximate surface area is 157 Å². The van der Waals surface area contributed by atoms with Gasteiger partial charge in [0.15, 0.2) is 5.82 Å². The van der Waals surface area contributed by atoms with Gasteiger partial charge in [-0.25, -0.2) is 9.97 Å². The molecule has 0 saturated heterocycles. The molecule has 0 saturated carbocycles. The predicted octanol–water partition coefficient (Wildman–Crippen LogP) is 4.63. The Kier molecular flexibility index (Phi) is 3.90. The van der Waals surface area contributed by atoms with Crippen molar-refractivity contribution in [1.82, 2.24) is 15.0 Å². The number of nitrogens with zero attached hydrogens (tertiary/aromatic N) is 3. The maximum Gasteiger partial charge on any atom is 0.163 e. The Bertz CT molecular complexity index is 1100. The molecule has 0 fully saturated rings. The Hall–Kier alpha value is -3.47. The first-order valence-corrected chi connectivity index (χ1v) is 9.04. The van der Waals surface area contributed by atoms with Crippen LogP contribution in [0.4, 0.5) is 5.82 Å². The van der Waals surface area contributed by atoms with E-state index in [1.165, 1.54) is 0 Å². The molecule has 2 aromatic heterocycles. The number of ether oxygens (including phenoxy) is 1. The number of para-hydroxylation sites is 2. The molecule has 0 unspecified atom stereocenters. The second-order valence-electron chi connectivity index (χ2n) is 6.53. The zero-order valence-corrected chi connectivity index (χ0v) is 14.7. The number of rotatable bonds is 3. The van der Waals surface area contributed by atoms with Crippen molar-refractivity contribution in [1.29, 1.82) is 0 Å². The first kappa shape index (κ1) is 15.8. The monoisotopic (exact) mass is 354 g/mol. The summed E-state index contributed by atoms with van der Waals surface area (Å²) in [5.41, 5.74) is 2.97. The highest BCUT2D eigenvalue weighted by Gasteiger charge is 2.22. The Morgan fingerprint density at radius 3 is 2.74 bits per heavy atom. The second kappa shape index (κ2) is 6.68. The first-order chi connectivity index (χ1) is 13.4. The van der Waals surface area contributed by atoms with Crippen molar-refractivity contribution >= 4 is 16.7 Å². The number of hydrogen-bond donors (Lipinski definition) is 1. The summed E-state index contributed by atoms with van der Waals surface area (Å²) in [6.07, 6.45) is 4.43. The van der Waals surface area contributed by atoms with Crippen molar-refractivity contribution in [3.05, 3.63) is 78.6 Å². The molecule has 1 aliphatic heterocycles. The summed E-state index contributed by atoms with van der Waals surface area (Å²) in [4.78, 5) is 13.8. The van der Waals surface area contributed by atoms with Crippen LogP contribution >= 0.6 is 0 Å². The van der Waals surface area contributed by atoms with Crippen LogP contribution in [0.25, 0.3) is 22.3 Å². The largest absolute Gasteiger partial charge is 0.493 e. The zero-order valence-electron chi connectivity index (χ0n) is 14.7. The molecule has 1 N–H and O–H groups in total. The third-order valence-electron chi connectivity index (χ3n) is 4.79. The molecule has 1 atom stereocenters. The molecule has 0 aliphatic carbocycles. The SMILES string of the molecule is c1cncc(-c2nc(N[C@@H]3CCOc4ccccc43)c3ccccc3n2)c1. The van der Waals surface area contributed by atoms with Crippen molar-refractivity contribution in [2.45, 2.75) is 12.5 Å². The molecule has 1 aliphatic rings. The maximum atomic E-state index is 5.79. The van der Waals surface area contributed by atoms with E-state index in [0.29, 0.717) is 12.4 Å². The standard InChI is InChI=1S/C22H18N4O/c1-3-9-18-17(8-1)22(26-21(24-18)15-6-5-12-23-14-15)25-19-11-13-27-20-10-4-2-7-16(19)20/h1-10,12,14,19H,11,13H2,(H,24,25,26)/t19-/m1/s1. The number of hydrogen-bond acceptors (Lipinski definition) is 5. The normalized spacial score (nSPS) is 15.8. The topological polar surface area (TPSA) is 59.9 Å². The average molecular weight is 354 g/mol. The van der Waals surface area contributed by atoms with E-state index in [-0.39, 0.29) is 6.04 Å². The Balaban J connectivity index is 1.61. The quantitative estimate of drug-likeness (QED) is 0.581. The summed E-state index contributed by atoms with van der Waals surface area (Å²) in [6, 6.07) is 20.3. The summed E-state index contributed by atoms with van der Waals surface area (Å²) in [5, 5.41) is 4.65. The van der Waals surface area contributed by atoms with E-state index in [2.05, 4.69) is 22.4 Å². The van der Waals surface area contributed by atoms with Crippen LogP contribution in [0.2, 0.25) is 0 Å². The molecule has 0 radical (unpaired) electrons. The minimum Gasteiger partial charge on any atom is -0.493 e. The molecule has 3 heterocycles. The van der Waals surface area contributed by atoms with E-state index in [1.54, 1.807) is 12.4 Å². The number of aromatic nitrogens is 3. The lowest BCUT2D eigenvalue weighted by molar-refractivity contribution is 0.274. The van der Waals surface area contributed by atoms with Gasteiger partial charge in [0.1, 0.15) is 11.6 Å². The highest BCUT2D eigenvalue weighted by atomic mass is 16.5. The van der Waals surface area contributed by atoms with Gasteiger partial charge in [-0.2, -0.15) is 0 Å². The average Bonchev–Trinajstić information content (AvgIpc) is 2.74. The van der Waals surface area contributed by atoms with Gasteiger partial charge >= 0.3 is 0 Å². The zero-order chi connectivity index (χ0) is 18.1. The van der Waals surface area contributed by atoms with E-state index in [4.69, 9.17) is 14.7 Å². The summed E-state index contributed by atoms with van der Waals surface area (Å²) < 4.78 is 5.79. The van der Waals surface area contributed by atoms with Crippen LogP contribution in [0, 0.1) is 0 Å². The summed E-state index contributed by atoms with van der Waals surface area (Å²) in [6.45, 7) is 0.688. The number of fused-ring (bicyclic) bond motifs is 2. The third kappa shape index (κ3) is 2.97. The minimum atomic E-state index is 0.148. The fraction of sp³-hybridized carbons (Fsp3) is 0.136. The van der Waals surface area contributed by atoms with Crippen molar-refractivity contribution in [2.75, 3.05) is 11.9 Å². The van der Waals surface area contributed by atoms with Gasteiger partial charge in [-0.05, 0) is 30.3 Å². The molecule has 2 aromatic carbocycles. The molecular weight excluding hydrogens is 336 g/mol. The highest BCUT2D eigenvalue weighted by molar-refractivity contribution is 5.90. The predicted molar refractivity (Wildman–Crippen MR) is 106 cm³/mol. The van der Waals surface area contributed by atoms with Crippen molar-refractivity contribution in [3.63, 3.8) is 0 Å². The van der Waals surface area contributed by atoms with Crippen LogP contribution in [0.3, 0.4) is 0 Å². The molecule has 0 amide bonds. The lowest BCUT2D eigenvalue weighted by Gasteiger charge is -2.27. The fourth-order valence-corrected chi connectivity index (χ4v) is 3.47.